The average molecular weight is 252 g/mol. The molecule has 1 aliphatic rings. The summed E-state index contributed by atoms with van der Waals surface area (Å²) in [5.41, 5.74) is 0.970. The highest BCUT2D eigenvalue weighted by atomic mass is 35.5. The topological polar surface area (TPSA) is 46.2 Å². The Morgan fingerprint density at radius 2 is 2.29 bits per heavy atom. The molecule has 2 rings (SSSR count). The molecule has 0 saturated carbocycles. The first-order valence-electron chi connectivity index (χ1n) is 5.70. The highest BCUT2D eigenvalue weighted by molar-refractivity contribution is 6.30. The van der Waals surface area contributed by atoms with Gasteiger partial charge in [-0.05, 0) is 37.1 Å². The van der Waals surface area contributed by atoms with Crippen molar-refractivity contribution in [2.75, 3.05) is 6.54 Å². The van der Waals surface area contributed by atoms with Crippen LogP contribution in [0.2, 0.25) is 5.02 Å². The third kappa shape index (κ3) is 2.73. The van der Waals surface area contributed by atoms with Crippen LogP contribution >= 0.6 is 11.6 Å². The van der Waals surface area contributed by atoms with Crippen molar-refractivity contribution in [1.82, 2.24) is 5.32 Å². The number of ketones is 1. The molecule has 1 aromatic rings. The van der Waals surface area contributed by atoms with Gasteiger partial charge in [0.15, 0.2) is 12.1 Å². The van der Waals surface area contributed by atoms with Crippen LogP contribution in [0.4, 0.5) is 0 Å². The van der Waals surface area contributed by atoms with E-state index in [-0.39, 0.29) is 17.7 Å². The van der Waals surface area contributed by atoms with Crippen LogP contribution in [0.5, 0.6) is 0 Å². The lowest BCUT2D eigenvalue weighted by Crippen LogP contribution is -2.38. The van der Waals surface area contributed by atoms with Crippen LogP contribution in [0.15, 0.2) is 24.3 Å². The fraction of sp³-hybridized carbons (Fsp3) is 0.385. The molecule has 3 nitrogen and oxygen atoms in total. The number of carbonyl (C=O) groups excluding carboxylic acids is 2. The van der Waals surface area contributed by atoms with E-state index >= 15 is 0 Å². The molecule has 0 aromatic heterocycles. The molecule has 1 aliphatic heterocycles. The monoisotopic (exact) mass is 251 g/mol. The number of Topliss-reactive ketones (excluding diaryl/α,β-unsaturated/α-hetero) is 1. The van der Waals surface area contributed by atoms with Gasteiger partial charge in [0.1, 0.15) is 0 Å². The van der Waals surface area contributed by atoms with Crippen molar-refractivity contribution in [3.05, 3.63) is 34.9 Å². The van der Waals surface area contributed by atoms with Crippen molar-refractivity contribution < 1.29 is 9.59 Å². The van der Waals surface area contributed by atoms with Crippen LogP contribution in [-0.2, 0) is 9.59 Å². The third-order valence-electron chi connectivity index (χ3n) is 3.15. The van der Waals surface area contributed by atoms with Crippen LogP contribution < -0.4 is 5.32 Å². The maximum absolute atomic E-state index is 11.6. The molecule has 1 aromatic carbocycles. The average Bonchev–Trinajstić information content (AvgIpc) is 2.38. The van der Waals surface area contributed by atoms with Crippen LogP contribution in [0.1, 0.15) is 24.4 Å². The number of hydrogen-bond donors (Lipinski definition) is 1. The molecule has 2 unspecified atom stereocenters. The molecule has 1 heterocycles. The van der Waals surface area contributed by atoms with E-state index in [0.717, 1.165) is 24.9 Å². The second-order valence-electron chi connectivity index (χ2n) is 4.26. The van der Waals surface area contributed by atoms with Gasteiger partial charge in [0, 0.05) is 17.0 Å². The van der Waals surface area contributed by atoms with Gasteiger partial charge in [-0.25, -0.2) is 0 Å². The van der Waals surface area contributed by atoms with Gasteiger partial charge in [0.2, 0.25) is 0 Å². The first-order valence-corrected chi connectivity index (χ1v) is 6.08. The minimum atomic E-state index is -0.331. The highest BCUT2D eigenvalue weighted by Gasteiger charge is 2.31. The minimum absolute atomic E-state index is 0.0971. The number of rotatable bonds is 3. The van der Waals surface area contributed by atoms with Crippen molar-refractivity contribution in [3.63, 3.8) is 0 Å². The third-order valence-corrected chi connectivity index (χ3v) is 3.38. The van der Waals surface area contributed by atoms with E-state index in [1.807, 2.05) is 18.2 Å². The summed E-state index contributed by atoms with van der Waals surface area (Å²) in [6.45, 7) is 0.861. The van der Waals surface area contributed by atoms with E-state index in [9.17, 15) is 9.59 Å². The van der Waals surface area contributed by atoms with Gasteiger partial charge in [0.25, 0.3) is 0 Å². The Morgan fingerprint density at radius 1 is 1.47 bits per heavy atom. The summed E-state index contributed by atoms with van der Waals surface area (Å²) in [6, 6.07) is 7.33. The number of piperidine rings is 1. The van der Waals surface area contributed by atoms with Crippen LogP contribution in [-0.4, -0.2) is 18.6 Å². The molecule has 17 heavy (non-hydrogen) atoms. The second kappa shape index (κ2) is 5.43. The fourth-order valence-electron chi connectivity index (χ4n) is 2.33. The lowest BCUT2D eigenvalue weighted by Gasteiger charge is -2.31. The smallest absolute Gasteiger partial charge is 0.200 e. The Labute approximate surface area is 105 Å². The van der Waals surface area contributed by atoms with E-state index in [4.69, 9.17) is 11.6 Å². The Balaban J connectivity index is 2.27. The fourth-order valence-corrected chi connectivity index (χ4v) is 2.53. The van der Waals surface area contributed by atoms with Gasteiger partial charge >= 0.3 is 0 Å². The summed E-state index contributed by atoms with van der Waals surface area (Å²) in [4.78, 5) is 22.2. The summed E-state index contributed by atoms with van der Waals surface area (Å²) in [6.07, 6.45) is 2.10. The van der Waals surface area contributed by atoms with Crippen molar-refractivity contribution in [2.24, 2.45) is 5.92 Å². The first-order chi connectivity index (χ1) is 8.22. The molecule has 0 bridgehead atoms. The predicted octanol–water partition coefficient (Wildman–Crippen LogP) is 2.15. The van der Waals surface area contributed by atoms with Gasteiger partial charge in [-0.3, -0.25) is 9.59 Å². The summed E-state index contributed by atoms with van der Waals surface area (Å²) in [5.74, 6) is -0.595. The van der Waals surface area contributed by atoms with E-state index in [1.54, 1.807) is 6.07 Å². The van der Waals surface area contributed by atoms with Gasteiger partial charge in [-0.2, -0.15) is 0 Å². The number of carbonyl (C=O) groups is 2. The summed E-state index contributed by atoms with van der Waals surface area (Å²) < 4.78 is 0. The molecular weight excluding hydrogens is 238 g/mol. The highest BCUT2D eigenvalue weighted by Crippen LogP contribution is 2.30. The van der Waals surface area contributed by atoms with Crippen LogP contribution in [0, 0.1) is 5.92 Å². The number of halogens is 1. The first kappa shape index (κ1) is 12.3. The number of benzene rings is 1. The maximum Gasteiger partial charge on any atom is 0.200 e. The number of aldehydes is 1. The van der Waals surface area contributed by atoms with Crippen molar-refractivity contribution in [1.29, 1.82) is 0 Å². The van der Waals surface area contributed by atoms with Crippen molar-refractivity contribution >= 4 is 23.7 Å². The Morgan fingerprint density at radius 3 is 3.00 bits per heavy atom. The van der Waals surface area contributed by atoms with Gasteiger partial charge < -0.3 is 5.32 Å². The zero-order chi connectivity index (χ0) is 12.3. The maximum atomic E-state index is 11.6. The Kier molecular flexibility index (Phi) is 3.92. The molecule has 1 fully saturated rings. The van der Waals surface area contributed by atoms with E-state index < -0.39 is 0 Å². The lowest BCUT2D eigenvalue weighted by atomic mass is 9.84. The van der Waals surface area contributed by atoms with E-state index in [1.165, 1.54) is 0 Å². The van der Waals surface area contributed by atoms with Crippen LogP contribution in [0.25, 0.3) is 0 Å². The summed E-state index contributed by atoms with van der Waals surface area (Å²) in [5, 5.41) is 3.94. The van der Waals surface area contributed by atoms with Gasteiger partial charge in [-0.1, -0.05) is 23.7 Å². The number of hydrogen-bond acceptors (Lipinski definition) is 3. The molecule has 0 aliphatic carbocycles. The van der Waals surface area contributed by atoms with E-state index in [0.29, 0.717) is 11.3 Å². The number of nitrogens with one attached hydrogen (secondary N) is 1. The SMILES string of the molecule is O=CC(=O)C1CCCNC1c1cccc(Cl)c1. The van der Waals surface area contributed by atoms with Crippen molar-refractivity contribution in [3.8, 4) is 0 Å². The van der Waals surface area contributed by atoms with Gasteiger partial charge in [0.05, 0.1) is 0 Å². The Bertz CT molecular complexity index is 433. The molecule has 0 amide bonds. The largest absolute Gasteiger partial charge is 0.309 e. The molecular formula is C13H14ClNO2. The normalized spacial score (nSPS) is 24.3. The van der Waals surface area contributed by atoms with Gasteiger partial charge in [-0.15, -0.1) is 0 Å². The molecule has 1 N–H and O–H groups in total. The zero-order valence-corrected chi connectivity index (χ0v) is 10.1. The lowest BCUT2D eigenvalue weighted by molar-refractivity contribution is -0.133. The standard InChI is InChI=1S/C13H14ClNO2/c14-10-4-1-3-9(7-10)13-11(12(17)8-16)5-2-6-15-13/h1,3-4,7-8,11,13,15H,2,5-6H2. The quantitative estimate of drug-likeness (QED) is 0.661. The molecule has 0 radical (unpaired) electrons. The molecule has 2 atom stereocenters. The molecule has 0 spiro atoms. The second-order valence-corrected chi connectivity index (χ2v) is 4.69. The van der Waals surface area contributed by atoms with E-state index in [2.05, 4.69) is 5.32 Å². The van der Waals surface area contributed by atoms with Crippen molar-refractivity contribution in [2.45, 2.75) is 18.9 Å². The van der Waals surface area contributed by atoms with Crippen LogP contribution in [0.3, 0.4) is 0 Å². The molecule has 90 valence electrons. The molecule has 4 heteroatoms. The predicted molar refractivity (Wildman–Crippen MR) is 66.0 cm³/mol. The molecule has 1 saturated heterocycles. The zero-order valence-electron chi connectivity index (χ0n) is 9.36. The summed E-state index contributed by atoms with van der Waals surface area (Å²) in [7, 11) is 0. The summed E-state index contributed by atoms with van der Waals surface area (Å²) >= 11 is 5.94. The minimum Gasteiger partial charge on any atom is -0.309 e. The Hall–Kier alpha value is -1.19.